The summed E-state index contributed by atoms with van der Waals surface area (Å²) in [6, 6.07) is 7.04. The zero-order chi connectivity index (χ0) is 14.7. The maximum absolute atomic E-state index is 13.7. The number of aryl methyl sites for hydroxylation is 1. The highest BCUT2D eigenvalue weighted by molar-refractivity contribution is 5.58. The van der Waals surface area contributed by atoms with E-state index in [0.717, 1.165) is 18.1 Å². The Hall–Kier alpha value is -1.97. The lowest BCUT2D eigenvalue weighted by Gasteiger charge is -2.11. The van der Waals surface area contributed by atoms with Gasteiger partial charge in [0.05, 0.1) is 0 Å². The van der Waals surface area contributed by atoms with Gasteiger partial charge in [0.25, 0.3) is 0 Å². The number of halogens is 1. The molecule has 1 N–H and O–H groups in total. The lowest BCUT2D eigenvalue weighted by atomic mass is 10.1. The van der Waals surface area contributed by atoms with Crippen molar-refractivity contribution in [3.05, 3.63) is 41.3 Å². The van der Waals surface area contributed by atoms with Crippen LogP contribution in [0.3, 0.4) is 0 Å². The average Bonchev–Trinajstić information content (AvgIpc) is 2.42. The first-order valence-electron chi connectivity index (χ1n) is 6.90. The predicted molar refractivity (Wildman–Crippen MR) is 80.4 cm³/mol. The minimum atomic E-state index is -0.231. The molecule has 0 aliphatic carbocycles. The number of hydrogen-bond donors (Lipinski definition) is 1. The van der Waals surface area contributed by atoms with Crippen LogP contribution >= 0.6 is 0 Å². The second kappa shape index (κ2) is 5.99. The van der Waals surface area contributed by atoms with Gasteiger partial charge in [-0.05, 0) is 31.4 Å². The van der Waals surface area contributed by atoms with Crippen LogP contribution in [-0.2, 0) is 0 Å². The zero-order valence-corrected chi connectivity index (χ0v) is 12.4. The number of nitrogens with zero attached hydrogens (tertiary/aromatic N) is 2. The molecule has 0 amide bonds. The van der Waals surface area contributed by atoms with E-state index in [2.05, 4.69) is 29.1 Å². The SMILES string of the molecule is CCNc1cc(C(C)C)nc(-c2ccc(C)c(F)c2)n1. The van der Waals surface area contributed by atoms with Crippen LogP contribution in [0.2, 0.25) is 0 Å². The fourth-order valence-corrected chi connectivity index (χ4v) is 1.89. The van der Waals surface area contributed by atoms with Crippen LogP contribution in [0.25, 0.3) is 11.4 Å². The van der Waals surface area contributed by atoms with Gasteiger partial charge in [-0.3, -0.25) is 0 Å². The Morgan fingerprint density at radius 3 is 2.55 bits per heavy atom. The number of rotatable bonds is 4. The summed E-state index contributed by atoms with van der Waals surface area (Å²) in [5.74, 6) is 1.41. The summed E-state index contributed by atoms with van der Waals surface area (Å²) in [6.07, 6.45) is 0. The fourth-order valence-electron chi connectivity index (χ4n) is 1.89. The van der Waals surface area contributed by atoms with Crippen molar-refractivity contribution in [1.29, 1.82) is 0 Å². The van der Waals surface area contributed by atoms with Gasteiger partial charge in [0, 0.05) is 23.9 Å². The molecule has 0 saturated carbocycles. The zero-order valence-electron chi connectivity index (χ0n) is 12.4. The summed E-state index contributed by atoms with van der Waals surface area (Å²) in [5.41, 5.74) is 2.28. The first kappa shape index (κ1) is 14.4. The minimum Gasteiger partial charge on any atom is -0.370 e. The van der Waals surface area contributed by atoms with Crippen molar-refractivity contribution in [2.45, 2.75) is 33.6 Å². The third kappa shape index (κ3) is 3.13. The van der Waals surface area contributed by atoms with Crippen molar-refractivity contribution in [2.24, 2.45) is 0 Å². The molecule has 1 aromatic carbocycles. The van der Waals surface area contributed by atoms with Crippen LogP contribution in [0.15, 0.2) is 24.3 Å². The maximum Gasteiger partial charge on any atom is 0.161 e. The van der Waals surface area contributed by atoms with Crippen LogP contribution < -0.4 is 5.32 Å². The van der Waals surface area contributed by atoms with Gasteiger partial charge < -0.3 is 5.32 Å². The van der Waals surface area contributed by atoms with Gasteiger partial charge >= 0.3 is 0 Å². The largest absolute Gasteiger partial charge is 0.370 e. The standard InChI is InChI=1S/C16H20FN3/c1-5-18-15-9-14(10(2)3)19-16(20-15)12-7-6-11(4)13(17)8-12/h6-10H,5H2,1-4H3,(H,18,19,20). The number of aromatic nitrogens is 2. The number of anilines is 1. The van der Waals surface area contributed by atoms with Gasteiger partial charge in [0.15, 0.2) is 5.82 Å². The Labute approximate surface area is 119 Å². The third-order valence-corrected chi connectivity index (χ3v) is 3.13. The quantitative estimate of drug-likeness (QED) is 0.909. The Morgan fingerprint density at radius 1 is 1.20 bits per heavy atom. The van der Waals surface area contributed by atoms with E-state index in [0.29, 0.717) is 22.9 Å². The van der Waals surface area contributed by atoms with Gasteiger partial charge in [0.1, 0.15) is 11.6 Å². The lowest BCUT2D eigenvalue weighted by molar-refractivity contribution is 0.619. The average molecular weight is 273 g/mol. The summed E-state index contributed by atoms with van der Waals surface area (Å²) in [5, 5.41) is 3.19. The maximum atomic E-state index is 13.7. The van der Waals surface area contributed by atoms with E-state index in [1.165, 1.54) is 6.07 Å². The second-order valence-corrected chi connectivity index (χ2v) is 5.15. The fraction of sp³-hybridized carbons (Fsp3) is 0.375. The Bertz CT molecular complexity index is 609. The third-order valence-electron chi connectivity index (χ3n) is 3.13. The molecule has 0 spiro atoms. The summed E-state index contributed by atoms with van der Waals surface area (Å²) in [7, 11) is 0. The van der Waals surface area contributed by atoms with Crippen LogP contribution in [0.5, 0.6) is 0 Å². The Balaban J connectivity index is 2.51. The molecule has 2 aromatic rings. The molecule has 0 aliphatic rings. The van der Waals surface area contributed by atoms with Gasteiger partial charge in [-0.15, -0.1) is 0 Å². The van der Waals surface area contributed by atoms with Crippen LogP contribution in [0.1, 0.15) is 37.9 Å². The van der Waals surface area contributed by atoms with Crippen molar-refractivity contribution in [2.75, 3.05) is 11.9 Å². The lowest BCUT2D eigenvalue weighted by Crippen LogP contribution is -2.05. The van der Waals surface area contributed by atoms with Crippen molar-refractivity contribution in [1.82, 2.24) is 9.97 Å². The molecule has 0 radical (unpaired) electrons. The molecular weight excluding hydrogens is 253 g/mol. The molecule has 1 aromatic heterocycles. The summed E-state index contributed by atoms with van der Waals surface area (Å²) in [6.45, 7) is 8.71. The molecule has 1 heterocycles. The topological polar surface area (TPSA) is 37.8 Å². The molecule has 0 aliphatic heterocycles. The number of nitrogens with one attached hydrogen (secondary N) is 1. The molecule has 2 rings (SSSR count). The highest BCUT2D eigenvalue weighted by Gasteiger charge is 2.10. The van der Waals surface area contributed by atoms with Gasteiger partial charge in [0.2, 0.25) is 0 Å². The Morgan fingerprint density at radius 2 is 1.95 bits per heavy atom. The van der Waals surface area contributed by atoms with E-state index in [4.69, 9.17) is 0 Å². The molecular formula is C16H20FN3. The molecule has 0 saturated heterocycles. The summed E-state index contributed by atoms with van der Waals surface area (Å²) < 4.78 is 13.7. The number of hydrogen-bond acceptors (Lipinski definition) is 3. The molecule has 0 atom stereocenters. The normalized spacial score (nSPS) is 10.9. The van der Waals surface area contributed by atoms with E-state index in [9.17, 15) is 4.39 Å². The van der Waals surface area contributed by atoms with E-state index < -0.39 is 0 Å². The number of benzene rings is 1. The molecule has 20 heavy (non-hydrogen) atoms. The highest BCUT2D eigenvalue weighted by atomic mass is 19.1. The second-order valence-electron chi connectivity index (χ2n) is 5.15. The van der Waals surface area contributed by atoms with Crippen LogP contribution in [0.4, 0.5) is 10.2 Å². The van der Waals surface area contributed by atoms with Gasteiger partial charge in [-0.2, -0.15) is 0 Å². The van der Waals surface area contributed by atoms with Crippen molar-refractivity contribution < 1.29 is 4.39 Å². The molecule has 0 fully saturated rings. The van der Waals surface area contributed by atoms with Crippen molar-refractivity contribution in [3.8, 4) is 11.4 Å². The van der Waals surface area contributed by atoms with E-state index in [-0.39, 0.29) is 5.82 Å². The molecule has 106 valence electrons. The summed E-state index contributed by atoms with van der Waals surface area (Å²) >= 11 is 0. The predicted octanol–water partition coefficient (Wildman–Crippen LogP) is 4.15. The molecule has 4 heteroatoms. The monoisotopic (exact) mass is 273 g/mol. The first-order chi connectivity index (χ1) is 9.51. The van der Waals surface area contributed by atoms with Crippen molar-refractivity contribution in [3.63, 3.8) is 0 Å². The molecule has 0 unspecified atom stereocenters. The minimum absolute atomic E-state index is 0.231. The van der Waals surface area contributed by atoms with E-state index >= 15 is 0 Å². The first-order valence-corrected chi connectivity index (χ1v) is 6.90. The molecule has 0 bridgehead atoms. The van der Waals surface area contributed by atoms with Gasteiger partial charge in [-0.1, -0.05) is 26.0 Å². The van der Waals surface area contributed by atoms with E-state index in [1.54, 1.807) is 13.0 Å². The van der Waals surface area contributed by atoms with Crippen LogP contribution in [-0.4, -0.2) is 16.5 Å². The molecule has 3 nitrogen and oxygen atoms in total. The van der Waals surface area contributed by atoms with E-state index in [1.807, 2.05) is 19.1 Å². The summed E-state index contributed by atoms with van der Waals surface area (Å²) in [4.78, 5) is 9.00. The van der Waals surface area contributed by atoms with Gasteiger partial charge in [-0.25, -0.2) is 14.4 Å². The Kier molecular flexibility index (Phi) is 4.32. The van der Waals surface area contributed by atoms with Crippen molar-refractivity contribution >= 4 is 5.82 Å². The highest BCUT2D eigenvalue weighted by Crippen LogP contribution is 2.23. The smallest absolute Gasteiger partial charge is 0.161 e. The van der Waals surface area contributed by atoms with Crippen LogP contribution in [0, 0.1) is 12.7 Å².